The Labute approximate surface area is 166 Å². The summed E-state index contributed by atoms with van der Waals surface area (Å²) in [5.74, 6) is -0.101. The van der Waals surface area contributed by atoms with Gasteiger partial charge in [0, 0.05) is 48.6 Å². The van der Waals surface area contributed by atoms with Crippen LogP contribution in [0.2, 0.25) is 5.02 Å². The standard InChI is InChI=1S/C21H31ClN2O3/c1-4-27-17-13-21(23,19(17,2)3)18(25)24-14-20(8-10-26-11-9-20)15-6-5-7-16(22)12-15/h5-7,12,17H,4,8-11,13-14,23H2,1-3H3,(H,24,25). The highest BCUT2D eigenvalue weighted by molar-refractivity contribution is 6.30. The predicted molar refractivity (Wildman–Crippen MR) is 107 cm³/mol. The molecule has 3 N–H and O–H groups in total. The van der Waals surface area contributed by atoms with Crippen LogP contribution in [0.25, 0.3) is 0 Å². The van der Waals surface area contributed by atoms with Gasteiger partial charge >= 0.3 is 0 Å². The van der Waals surface area contributed by atoms with Gasteiger partial charge in [-0.3, -0.25) is 4.79 Å². The van der Waals surface area contributed by atoms with Crippen LogP contribution in [0.1, 0.15) is 45.6 Å². The van der Waals surface area contributed by atoms with Gasteiger partial charge in [-0.15, -0.1) is 0 Å². The molecule has 1 amide bonds. The molecule has 5 nitrogen and oxygen atoms in total. The maximum absolute atomic E-state index is 13.0. The molecular formula is C21H31ClN2O3. The Kier molecular flexibility index (Phi) is 5.88. The minimum absolute atomic E-state index is 0.0169. The van der Waals surface area contributed by atoms with E-state index in [2.05, 4.69) is 11.4 Å². The number of benzene rings is 1. The van der Waals surface area contributed by atoms with E-state index in [1.807, 2.05) is 39.0 Å². The van der Waals surface area contributed by atoms with Crippen molar-refractivity contribution in [3.63, 3.8) is 0 Å². The summed E-state index contributed by atoms with van der Waals surface area (Å²) in [4.78, 5) is 13.0. The Balaban J connectivity index is 1.74. The molecule has 150 valence electrons. The molecule has 2 fully saturated rings. The fraction of sp³-hybridized carbons (Fsp3) is 0.667. The summed E-state index contributed by atoms with van der Waals surface area (Å²) in [5.41, 5.74) is 6.19. The molecule has 2 aliphatic rings. The maximum atomic E-state index is 13.0. The zero-order chi connectivity index (χ0) is 19.7. The van der Waals surface area contributed by atoms with Crippen molar-refractivity contribution in [2.24, 2.45) is 11.1 Å². The van der Waals surface area contributed by atoms with Crippen molar-refractivity contribution in [2.75, 3.05) is 26.4 Å². The van der Waals surface area contributed by atoms with E-state index in [9.17, 15) is 4.79 Å². The number of amides is 1. The third kappa shape index (κ3) is 3.63. The number of nitrogens with one attached hydrogen (secondary N) is 1. The Morgan fingerprint density at radius 1 is 1.37 bits per heavy atom. The maximum Gasteiger partial charge on any atom is 0.240 e. The summed E-state index contributed by atoms with van der Waals surface area (Å²) in [6.07, 6.45) is 2.25. The van der Waals surface area contributed by atoms with E-state index in [-0.39, 0.29) is 17.4 Å². The Morgan fingerprint density at radius 2 is 2.07 bits per heavy atom. The average Bonchev–Trinajstić information content (AvgIpc) is 2.66. The molecule has 1 saturated carbocycles. The summed E-state index contributed by atoms with van der Waals surface area (Å²) in [6, 6.07) is 7.91. The number of nitrogens with two attached hydrogens (primary N) is 1. The molecule has 0 spiro atoms. The van der Waals surface area contributed by atoms with Crippen LogP contribution in [-0.2, 0) is 19.7 Å². The van der Waals surface area contributed by atoms with Crippen molar-refractivity contribution in [3.05, 3.63) is 34.9 Å². The van der Waals surface area contributed by atoms with Crippen LogP contribution in [-0.4, -0.2) is 43.9 Å². The van der Waals surface area contributed by atoms with Crippen molar-refractivity contribution in [1.82, 2.24) is 5.32 Å². The van der Waals surface area contributed by atoms with E-state index < -0.39 is 11.0 Å². The molecule has 1 aromatic rings. The quantitative estimate of drug-likeness (QED) is 0.777. The monoisotopic (exact) mass is 394 g/mol. The molecule has 0 bridgehead atoms. The average molecular weight is 395 g/mol. The Morgan fingerprint density at radius 3 is 2.67 bits per heavy atom. The summed E-state index contributed by atoms with van der Waals surface area (Å²) in [7, 11) is 0. The molecule has 2 unspecified atom stereocenters. The fourth-order valence-corrected chi connectivity index (χ4v) is 4.57. The van der Waals surface area contributed by atoms with Gasteiger partial charge in [0.15, 0.2) is 0 Å². The van der Waals surface area contributed by atoms with Crippen LogP contribution < -0.4 is 11.1 Å². The van der Waals surface area contributed by atoms with Crippen LogP contribution in [0.3, 0.4) is 0 Å². The molecule has 27 heavy (non-hydrogen) atoms. The first-order valence-corrected chi connectivity index (χ1v) is 10.2. The van der Waals surface area contributed by atoms with Gasteiger partial charge in [0.1, 0.15) is 5.54 Å². The minimum Gasteiger partial charge on any atom is -0.381 e. The summed E-state index contributed by atoms with van der Waals surface area (Å²) in [6.45, 7) is 8.50. The van der Waals surface area contributed by atoms with E-state index in [1.165, 1.54) is 0 Å². The van der Waals surface area contributed by atoms with Gasteiger partial charge in [0.05, 0.1) is 6.10 Å². The second-order valence-corrected chi connectivity index (χ2v) is 8.86. The van der Waals surface area contributed by atoms with Crippen LogP contribution in [0.4, 0.5) is 0 Å². The number of ether oxygens (including phenoxy) is 2. The van der Waals surface area contributed by atoms with Crippen molar-refractivity contribution >= 4 is 17.5 Å². The molecule has 1 saturated heterocycles. The van der Waals surface area contributed by atoms with E-state index in [0.29, 0.717) is 37.8 Å². The smallest absolute Gasteiger partial charge is 0.240 e. The second-order valence-electron chi connectivity index (χ2n) is 8.43. The zero-order valence-electron chi connectivity index (χ0n) is 16.5. The van der Waals surface area contributed by atoms with Gasteiger partial charge in [-0.1, -0.05) is 37.6 Å². The van der Waals surface area contributed by atoms with Gasteiger partial charge in [0.25, 0.3) is 0 Å². The van der Waals surface area contributed by atoms with Crippen LogP contribution in [0.5, 0.6) is 0 Å². The lowest BCUT2D eigenvalue weighted by Crippen LogP contribution is -2.76. The molecule has 0 radical (unpaired) electrons. The predicted octanol–water partition coefficient (Wildman–Crippen LogP) is 3.04. The Hall–Kier alpha value is -1.14. The zero-order valence-corrected chi connectivity index (χ0v) is 17.3. The highest BCUT2D eigenvalue weighted by atomic mass is 35.5. The number of carbonyl (C=O) groups is 1. The van der Waals surface area contributed by atoms with Crippen molar-refractivity contribution in [2.45, 2.75) is 57.1 Å². The number of rotatable bonds is 6. The van der Waals surface area contributed by atoms with Gasteiger partial charge in [-0.2, -0.15) is 0 Å². The molecular weight excluding hydrogens is 364 g/mol. The minimum atomic E-state index is -0.909. The van der Waals surface area contributed by atoms with E-state index in [1.54, 1.807) is 0 Å². The van der Waals surface area contributed by atoms with Gasteiger partial charge in [-0.05, 0) is 37.5 Å². The third-order valence-electron chi connectivity index (χ3n) is 6.71. The Bertz CT molecular complexity index is 688. The lowest BCUT2D eigenvalue weighted by molar-refractivity contribution is -0.171. The van der Waals surface area contributed by atoms with E-state index in [4.69, 9.17) is 26.8 Å². The van der Waals surface area contributed by atoms with Crippen LogP contribution in [0, 0.1) is 5.41 Å². The topological polar surface area (TPSA) is 73.6 Å². The highest BCUT2D eigenvalue weighted by Crippen LogP contribution is 2.50. The summed E-state index contributed by atoms with van der Waals surface area (Å²) >= 11 is 6.22. The van der Waals surface area contributed by atoms with Crippen molar-refractivity contribution in [1.29, 1.82) is 0 Å². The number of carbonyl (C=O) groups excluding carboxylic acids is 1. The third-order valence-corrected chi connectivity index (χ3v) is 6.94. The first-order chi connectivity index (χ1) is 12.7. The van der Waals surface area contributed by atoms with Gasteiger partial charge in [-0.25, -0.2) is 0 Å². The van der Waals surface area contributed by atoms with Gasteiger partial charge < -0.3 is 20.5 Å². The van der Waals surface area contributed by atoms with Crippen molar-refractivity contribution in [3.8, 4) is 0 Å². The van der Waals surface area contributed by atoms with E-state index >= 15 is 0 Å². The molecule has 1 aliphatic carbocycles. The first-order valence-electron chi connectivity index (χ1n) is 9.78. The molecule has 0 aromatic heterocycles. The number of halogens is 1. The van der Waals surface area contributed by atoms with Crippen LogP contribution in [0.15, 0.2) is 24.3 Å². The SMILES string of the molecule is CCOC1CC(N)(C(=O)NCC2(c3cccc(Cl)c3)CCOCC2)C1(C)C. The lowest BCUT2D eigenvalue weighted by Gasteiger charge is -2.57. The molecule has 2 atom stereocenters. The molecule has 1 aromatic carbocycles. The van der Waals surface area contributed by atoms with Gasteiger partial charge in [0.2, 0.25) is 5.91 Å². The fourth-order valence-electron chi connectivity index (χ4n) is 4.38. The first kappa shape index (κ1) is 20.6. The number of hydrogen-bond donors (Lipinski definition) is 2. The van der Waals surface area contributed by atoms with Crippen LogP contribution >= 0.6 is 11.6 Å². The normalized spacial score (nSPS) is 29.0. The van der Waals surface area contributed by atoms with E-state index in [0.717, 1.165) is 18.4 Å². The molecule has 6 heteroatoms. The molecule has 3 rings (SSSR count). The highest BCUT2D eigenvalue weighted by Gasteiger charge is 2.63. The molecule has 1 heterocycles. The largest absolute Gasteiger partial charge is 0.381 e. The second kappa shape index (κ2) is 7.70. The summed E-state index contributed by atoms with van der Waals surface area (Å²) < 4.78 is 11.3. The summed E-state index contributed by atoms with van der Waals surface area (Å²) in [5, 5.41) is 3.86. The number of hydrogen-bond acceptors (Lipinski definition) is 4. The van der Waals surface area contributed by atoms with Crippen molar-refractivity contribution < 1.29 is 14.3 Å². The molecule has 1 aliphatic heterocycles. The lowest BCUT2D eigenvalue weighted by atomic mass is 9.54.